The molecule has 3 fully saturated rings. The number of Topliss-reactive ketones (excluding diaryl/α,β-unsaturated/α-hetero) is 2. The van der Waals surface area contributed by atoms with Gasteiger partial charge in [0.1, 0.15) is 18.2 Å². The predicted molar refractivity (Wildman–Crippen MR) is 83.2 cm³/mol. The first-order valence-electron chi connectivity index (χ1n) is 8.28. The van der Waals surface area contributed by atoms with E-state index in [1.165, 1.54) is 0 Å². The summed E-state index contributed by atoms with van der Waals surface area (Å²) >= 11 is 0. The van der Waals surface area contributed by atoms with Gasteiger partial charge in [0.2, 0.25) is 0 Å². The molecule has 4 heteroatoms. The number of hydrogen-bond donors (Lipinski definition) is 0. The molecular formula is C19H21FO3. The van der Waals surface area contributed by atoms with Crippen LogP contribution in [0.25, 0.3) is 0 Å². The van der Waals surface area contributed by atoms with Crippen LogP contribution in [0.15, 0.2) is 12.1 Å². The zero-order chi connectivity index (χ0) is 16.5. The van der Waals surface area contributed by atoms with Gasteiger partial charge in [-0.3, -0.25) is 9.59 Å². The van der Waals surface area contributed by atoms with Crippen LogP contribution >= 0.6 is 0 Å². The molecule has 2 bridgehead atoms. The minimum atomic E-state index is -1.04. The molecule has 0 N–H and O–H groups in total. The number of aryl methyl sites for hydroxylation is 3. The Hall–Kier alpha value is -1.55. The lowest BCUT2D eigenvalue weighted by atomic mass is 9.73. The van der Waals surface area contributed by atoms with Gasteiger partial charge < -0.3 is 4.74 Å². The standard InChI is InChI=1S/C19H21FO3/c1-9-6-10(2)13(11(3)7-9)15-17(21)14-12-4-5-19(8-20,23-12)16(14)18(15)22/h6-7,12,14-16H,4-5,8H2,1-3H3/t12-,14-,15?,16+,19-/m0/s1. The summed E-state index contributed by atoms with van der Waals surface area (Å²) in [5.74, 6) is -1.97. The van der Waals surface area contributed by atoms with E-state index in [9.17, 15) is 14.0 Å². The molecule has 0 amide bonds. The summed E-state index contributed by atoms with van der Waals surface area (Å²) < 4.78 is 19.4. The number of ether oxygens (including phenoxy) is 1. The number of alkyl halides is 1. The number of rotatable bonds is 2. The summed E-state index contributed by atoms with van der Waals surface area (Å²) in [7, 11) is 0. The second kappa shape index (κ2) is 4.73. The van der Waals surface area contributed by atoms with Gasteiger partial charge in [-0.15, -0.1) is 0 Å². The molecule has 2 heterocycles. The minimum Gasteiger partial charge on any atom is -0.367 e. The van der Waals surface area contributed by atoms with E-state index < -0.39 is 30.0 Å². The van der Waals surface area contributed by atoms with E-state index in [1.807, 2.05) is 32.9 Å². The third kappa shape index (κ3) is 1.78. The molecule has 3 aliphatic rings. The van der Waals surface area contributed by atoms with Crippen LogP contribution in [0.4, 0.5) is 4.39 Å². The highest BCUT2D eigenvalue weighted by Crippen LogP contribution is 2.58. The van der Waals surface area contributed by atoms with Gasteiger partial charge in [-0.25, -0.2) is 4.39 Å². The molecule has 1 saturated carbocycles. The number of carbonyl (C=O) groups is 2. The zero-order valence-electron chi connectivity index (χ0n) is 13.7. The van der Waals surface area contributed by atoms with Gasteiger partial charge >= 0.3 is 0 Å². The maximum absolute atomic E-state index is 13.7. The maximum Gasteiger partial charge on any atom is 0.154 e. The Kier molecular flexibility index (Phi) is 3.08. The van der Waals surface area contributed by atoms with Crippen molar-refractivity contribution in [3.63, 3.8) is 0 Å². The monoisotopic (exact) mass is 316 g/mol. The first-order chi connectivity index (χ1) is 10.9. The SMILES string of the molecule is Cc1cc(C)c(C2C(=O)[C@H]3[C@@H]4CC[C@@](CF)(O4)[C@H]3C2=O)c(C)c1. The first-order valence-corrected chi connectivity index (χ1v) is 8.28. The topological polar surface area (TPSA) is 43.4 Å². The van der Waals surface area contributed by atoms with Crippen LogP contribution in [0, 0.1) is 32.6 Å². The summed E-state index contributed by atoms with van der Waals surface area (Å²) in [6.07, 6.45) is 0.957. The van der Waals surface area contributed by atoms with Crippen molar-refractivity contribution >= 4 is 11.6 Å². The highest BCUT2D eigenvalue weighted by Gasteiger charge is 2.69. The number of benzene rings is 1. The fraction of sp³-hybridized carbons (Fsp3) is 0.579. The molecule has 0 aromatic heterocycles. The van der Waals surface area contributed by atoms with E-state index in [-0.39, 0.29) is 17.7 Å². The third-order valence-electron chi connectivity index (χ3n) is 6.02. The van der Waals surface area contributed by atoms with E-state index in [2.05, 4.69) is 0 Å². The molecule has 0 spiro atoms. The number of carbonyl (C=O) groups excluding carboxylic acids is 2. The molecule has 3 nitrogen and oxygen atoms in total. The summed E-state index contributed by atoms with van der Waals surface area (Å²) in [6, 6.07) is 4.01. The summed E-state index contributed by atoms with van der Waals surface area (Å²) in [5.41, 5.74) is 2.84. The quantitative estimate of drug-likeness (QED) is 0.788. The third-order valence-corrected chi connectivity index (χ3v) is 6.02. The molecule has 5 atom stereocenters. The van der Waals surface area contributed by atoms with Crippen LogP contribution in [0.5, 0.6) is 0 Å². The Morgan fingerprint density at radius 1 is 1.17 bits per heavy atom. The van der Waals surface area contributed by atoms with Crippen LogP contribution in [0.1, 0.15) is 41.0 Å². The Morgan fingerprint density at radius 3 is 2.43 bits per heavy atom. The first kappa shape index (κ1) is 15.0. The van der Waals surface area contributed by atoms with Gasteiger partial charge in [-0.05, 0) is 50.3 Å². The highest BCUT2D eigenvalue weighted by atomic mass is 19.1. The van der Waals surface area contributed by atoms with Gasteiger partial charge in [0, 0.05) is 0 Å². The lowest BCUT2D eigenvalue weighted by molar-refractivity contribution is -0.130. The molecule has 1 unspecified atom stereocenters. The number of fused-ring (bicyclic) bond motifs is 5. The van der Waals surface area contributed by atoms with Gasteiger partial charge in [0.05, 0.1) is 17.9 Å². The van der Waals surface area contributed by atoms with E-state index in [0.717, 1.165) is 22.3 Å². The largest absolute Gasteiger partial charge is 0.367 e. The lowest BCUT2D eigenvalue weighted by Gasteiger charge is -2.28. The molecule has 1 aromatic carbocycles. The molecule has 0 radical (unpaired) electrons. The normalized spacial score (nSPS) is 38.4. The van der Waals surface area contributed by atoms with Crippen molar-refractivity contribution in [1.29, 1.82) is 0 Å². The molecule has 1 aromatic rings. The van der Waals surface area contributed by atoms with E-state index in [4.69, 9.17) is 4.74 Å². The zero-order valence-corrected chi connectivity index (χ0v) is 13.7. The van der Waals surface area contributed by atoms with Crippen molar-refractivity contribution in [2.24, 2.45) is 11.8 Å². The smallest absolute Gasteiger partial charge is 0.154 e. The van der Waals surface area contributed by atoms with Crippen LogP contribution in [-0.2, 0) is 14.3 Å². The molecule has 4 rings (SSSR count). The number of halogens is 1. The molecule has 23 heavy (non-hydrogen) atoms. The maximum atomic E-state index is 13.7. The van der Waals surface area contributed by atoms with Crippen molar-refractivity contribution < 1.29 is 18.7 Å². The summed E-state index contributed by atoms with van der Waals surface area (Å²) in [6.45, 7) is 5.21. The van der Waals surface area contributed by atoms with Crippen molar-refractivity contribution in [2.75, 3.05) is 6.67 Å². The van der Waals surface area contributed by atoms with Gasteiger partial charge in [-0.1, -0.05) is 17.7 Å². The van der Waals surface area contributed by atoms with Crippen molar-refractivity contribution in [3.8, 4) is 0 Å². The van der Waals surface area contributed by atoms with Gasteiger partial charge in [0.25, 0.3) is 0 Å². The van der Waals surface area contributed by atoms with Crippen molar-refractivity contribution in [2.45, 2.75) is 51.2 Å². The van der Waals surface area contributed by atoms with E-state index in [1.54, 1.807) is 0 Å². The average Bonchev–Trinajstić information content (AvgIpc) is 3.12. The molecule has 122 valence electrons. The van der Waals surface area contributed by atoms with Crippen LogP contribution in [0.2, 0.25) is 0 Å². The van der Waals surface area contributed by atoms with Crippen LogP contribution in [-0.4, -0.2) is 29.9 Å². The Balaban J connectivity index is 1.82. The summed E-state index contributed by atoms with van der Waals surface area (Å²) in [4.78, 5) is 26.1. The second-order valence-corrected chi connectivity index (χ2v) is 7.45. The van der Waals surface area contributed by atoms with E-state index >= 15 is 0 Å². The Labute approximate surface area is 135 Å². The predicted octanol–water partition coefficient (Wildman–Crippen LogP) is 2.98. The lowest BCUT2D eigenvalue weighted by Crippen LogP contribution is -2.42. The number of hydrogen-bond acceptors (Lipinski definition) is 3. The number of ketones is 2. The fourth-order valence-electron chi connectivity index (χ4n) is 5.24. The van der Waals surface area contributed by atoms with Crippen LogP contribution in [0.3, 0.4) is 0 Å². The Bertz CT molecular complexity index is 702. The summed E-state index contributed by atoms with van der Waals surface area (Å²) in [5, 5.41) is 0. The van der Waals surface area contributed by atoms with E-state index in [0.29, 0.717) is 12.8 Å². The molecule has 1 aliphatic carbocycles. The second-order valence-electron chi connectivity index (χ2n) is 7.45. The fourth-order valence-corrected chi connectivity index (χ4v) is 5.24. The van der Waals surface area contributed by atoms with Crippen LogP contribution < -0.4 is 0 Å². The average molecular weight is 316 g/mol. The van der Waals surface area contributed by atoms with Gasteiger partial charge in [-0.2, -0.15) is 0 Å². The van der Waals surface area contributed by atoms with Gasteiger partial charge in [0.15, 0.2) is 11.6 Å². The molecular weight excluding hydrogens is 295 g/mol. The minimum absolute atomic E-state index is 0.0601. The molecule has 2 saturated heterocycles. The Morgan fingerprint density at radius 2 is 1.83 bits per heavy atom. The molecule has 2 aliphatic heterocycles. The van der Waals surface area contributed by atoms with Crippen molar-refractivity contribution in [3.05, 3.63) is 34.4 Å². The highest BCUT2D eigenvalue weighted by molar-refractivity contribution is 6.17. The van der Waals surface area contributed by atoms with Crippen molar-refractivity contribution in [1.82, 2.24) is 0 Å².